The zero-order chi connectivity index (χ0) is 0. The van der Waals surface area contributed by atoms with E-state index < -0.39 is 0 Å². The maximum atomic E-state index is 0. The first-order chi connectivity index (χ1) is 0. The van der Waals surface area contributed by atoms with Gasteiger partial charge in [-0.05, 0) is 0 Å². The van der Waals surface area contributed by atoms with Crippen molar-refractivity contribution in [3.8, 4) is 0 Å². The third-order valence-electron chi connectivity index (χ3n) is 0. The number of hydrogen-bond acceptors (Lipinski definition) is 20. The molecular weight excluding hydrogens is 1280 g/mol. The quantitative estimate of drug-likeness (QED) is 0.212. The van der Waals surface area contributed by atoms with Gasteiger partial charge in [0.2, 0.25) is 0 Å². The van der Waals surface area contributed by atoms with Crippen LogP contribution in [0.25, 0.3) is 0 Å². The maximum Gasteiger partial charge on any atom is 5.00 e. The van der Waals surface area contributed by atoms with Crippen molar-refractivity contribution >= 4 is 0 Å². The fourth-order valence-electron chi connectivity index (χ4n) is 0. The molecule has 0 atom stereocenters. The van der Waals surface area contributed by atoms with Crippen molar-refractivity contribution in [2.24, 2.45) is 0 Å². The Morgan fingerprint density at radius 1 is 0.103 bits per heavy atom. The molecule has 29 heteroatoms. The van der Waals surface area contributed by atoms with E-state index in [-0.39, 0.29) is 308 Å². The molecular formula is H20O20Ta4Ti5. The van der Waals surface area contributed by atoms with Crippen LogP contribution in [0.2, 0.25) is 0 Å². The van der Waals surface area contributed by atoms with E-state index in [4.69, 9.17) is 0 Å². The summed E-state index contributed by atoms with van der Waals surface area (Å²) in [7, 11) is 0. The average molecular weight is 1300 g/mol. The molecule has 0 rings (SSSR count). The van der Waals surface area contributed by atoms with Gasteiger partial charge >= 0.3 is 89.5 Å². The average Bonchev–Trinajstić information content (AvgIpc) is 0. The minimum absolute atomic E-state index is 0. The van der Waals surface area contributed by atoms with Crippen molar-refractivity contribution in [3.63, 3.8) is 0 Å². The molecule has 0 saturated carbocycles. The fraction of sp³-hybridized carbons (Fsp3) is 0. The minimum Gasteiger partial charge on any atom is -0.870 e. The standard InChI is InChI=1S/20H2O.4Ta.5Ti/h20*1H2;;;;;;;;;/q;;;;;;;;;;;;;;;;;;;;4*+5;;;;;/p-20. The smallest absolute Gasteiger partial charge is 0.870 e. The topological polar surface area (TPSA) is 600 Å². The molecule has 20 nitrogen and oxygen atoms in total. The first-order valence-corrected chi connectivity index (χ1v) is 0. The molecule has 0 spiro atoms. The summed E-state index contributed by atoms with van der Waals surface area (Å²) in [5, 5.41) is 0. The number of rotatable bonds is 0. The van der Waals surface area contributed by atoms with Crippen LogP contribution < -0.4 is 0 Å². The molecule has 0 fully saturated rings. The summed E-state index contributed by atoms with van der Waals surface area (Å²) in [6.07, 6.45) is 0. The zero-order valence-corrected chi connectivity index (χ0v) is 33.9. The largest absolute Gasteiger partial charge is 5.00 e. The van der Waals surface area contributed by atoms with E-state index in [1.54, 1.807) is 0 Å². The molecule has 0 amide bonds. The van der Waals surface area contributed by atoms with E-state index >= 15 is 0 Å². The third-order valence-corrected chi connectivity index (χ3v) is 0. The maximum absolute atomic E-state index is 0. The molecule has 0 heterocycles. The van der Waals surface area contributed by atoms with Crippen LogP contribution in [0.5, 0.6) is 0 Å². The Morgan fingerprint density at radius 3 is 0.103 bits per heavy atom. The predicted molar refractivity (Wildman–Crippen MR) is 38.7 cm³/mol. The molecule has 0 aliphatic heterocycles. The van der Waals surface area contributed by atoms with E-state index in [1.807, 2.05) is 0 Å². The minimum atomic E-state index is 0. The van der Waals surface area contributed by atoms with E-state index in [0.717, 1.165) is 0 Å². The van der Waals surface area contributed by atoms with Gasteiger partial charge < -0.3 is 110 Å². The molecule has 20 N–H and O–H groups in total. The summed E-state index contributed by atoms with van der Waals surface area (Å²) in [6, 6.07) is 0. The SMILES string of the molecule is [OH-].[OH-].[OH-].[OH-].[OH-].[OH-].[OH-].[OH-].[OH-].[OH-].[OH-].[OH-].[OH-].[OH-].[OH-].[OH-].[OH-].[OH-].[OH-].[OH-].[Ta+5].[Ta+5].[Ta+5].[Ta+5].[Ti].[Ti].[Ti].[Ti].[Ti]. The molecule has 0 aliphatic rings. The van der Waals surface area contributed by atoms with Crippen molar-refractivity contribution < 1.29 is 308 Å². The second kappa shape index (κ2) is 1100. The third kappa shape index (κ3) is 1030. The summed E-state index contributed by atoms with van der Waals surface area (Å²) in [6.45, 7) is 0. The summed E-state index contributed by atoms with van der Waals surface area (Å²) < 4.78 is 0. The second-order valence-corrected chi connectivity index (χ2v) is 0. The van der Waals surface area contributed by atoms with Crippen LogP contribution in [0, 0.1) is 0 Å². The Labute approximate surface area is 303 Å². The van der Waals surface area contributed by atoms with Gasteiger partial charge in [-0.15, -0.1) is 0 Å². The molecule has 0 aromatic heterocycles. The Hall–Kier alpha value is 5.73. The van der Waals surface area contributed by atoms with Crippen LogP contribution in [0.15, 0.2) is 0 Å². The first kappa shape index (κ1) is 1200. The van der Waals surface area contributed by atoms with Gasteiger partial charge in [-0.1, -0.05) is 0 Å². The van der Waals surface area contributed by atoms with E-state index in [1.165, 1.54) is 0 Å². The van der Waals surface area contributed by atoms with Gasteiger partial charge in [0, 0.05) is 109 Å². The Morgan fingerprint density at radius 2 is 0.103 bits per heavy atom. The van der Waals surface area contributed by atoms with E-state index in [2.05, 4.69) is 0 Å². The molecule has 29 heavy (non-hydrogen) atoms. The van der Waals surface area contributed by atoms with Crippen molar-refractivity contribution in [1.29, 1.82) is 0 Å². The molecule has 180 valence electrons. The van der Waals surface area contributed by atoms with Gasteiger partial charge in [-0.25, -0.2) is 0 Å². The Balaban J connectivity index is 0. The van der Waals surface area contributed by atoms with Crippen LogP contribution in [0.4, 0.5) is 0 Å². The molecule has 0 unspecified atom stereocenters. The van der Waals surface area contributed by atoms with Crippen LogP contribution >= 0.6 is 0 Å². The van der Waals surface area contributed by atoms with Gasteiger partial charge in [0.05, 0.1) is 0 Å². The van der Waals surface area contributed by atoms with Crippen LogP contribution in [-0.2, 0) is 198 Å². The molecule has 0 aromatic rings. The van der Waals surface area contributed by atoms with Crippen molar-refractivity contribution in [3.05, 3.63) is 0 Å². The normalized spacial score (nSPS) is 0. The monoisotopic (exact) mass is 1300 g/mol. The van der Waals surface area contributed by atoms with Crippen molar-refractivity contribution in [2.75, 3.05) is 0 Å². The van der Waals surface area contributed by atoms with Crippen LogP contribution in [0.3, 0.4) is 0 Å². The molecule has 0 bridgehead atoms. The Kier molecular flexibility index (Phi) is 45600. The zero-order valence-electron chi connectivity index (χ0n) is 13.2. The molecule has 0 aromatic carbocycles. The molecule has 0 aliphatic carbocycles. The molecule has 0 saturated heterocycles. The summed E-state index contributed by atoms with van der Waals surface area (Å²) in [4.78, 5) is 0. The first-order valence-electron chi connectivity index (χ1n) is 0. The van der Waals surface area contributed by atoms with Gasteiger partial charge in [0.1, 0.15) is 0 Å². The fourth-order valence-corrected chi connectivity index (χ4v) is 0. The van der Waals surface area contributed by atoms with E-state index in [9.17, 15) is 0 Å². The van der Waals surface area contributed by atoms with Crippen LogP contribution in [-0.4, -0.2) is 110 Å². The van der Waals surface area contributed by atoms with Gasteiger partial charge in [-0.2, -0.15) is 0 Å². The van der Waals surface area contributed by atoms with Crippen molar-refractivity contribution in [1.82, 2.24) is 0 Å². The van der Waals surface area contributed by atoms with E-state index in [0.29, 0.717) is 0 Å². The number of hydrogen-bond donors (Lipinski definition) is 0. The van der Waals surface area contributed by atoms with Gasteiger partial charge in [-0.3, -0.25) is 0 Å². The van der Waals surface area contributed by atoms with Gasteiger partial charge in [0.15, 0.2) is 0 Å². The van der Waals surface area contributed by atoms with Crippen molar-refractivity contribution in [2.45, 2.75) is 0 Å². The summed E-state index contributed by atoms with van der Waals surface area (Å²) in [5.74, 6) is 0. The van der Waals surface area contributed by atoms with Crippen LogP contribution in [0.1, 0.15) is 0 Å². The Bertz CT molecular complexity index is 34.8. The second-order valence-electron chi connectivity index (χ2n) is 0. The molecule has 0 radical (unpaired) electrons. The predicted octanol–water partition coefficient (Wildman–Crippen LogP) is -3.56. The summed E-state index contributed by atoms with van der Waals surface area (Å²) >= 11 is 0. The van der Waals surface area contributed by atoms with Gasteiger partial charge in [0.25, 0.3) is 0 Å². The summed E-state index contributed by atoms with van der Waals surface area (Å²) in [5.41, 5.74) is 0.